The predicted octanol–water partition coefficient (Wildman–Crippen LogP) is 3.67. The lowest BCUT2D eigenvalue weighted by Crippen LogP contribution is -2.48. The van der Waals surface area contributed by atoms with E-state index in [1.165, 1.54) is 11.1 Å². The first-order valence-electron chi connectivity index (χ1n) is 12.6. The Labute approximate surface area is 217 Å². The van der Waals surface area contributed by atoms with Gasteiger partial charge in [0.25, 0.3) is 0 Å². The summed E-state index contributed by atoms with van der Waals surface area (Å²) in [7, 11) is 1.57. The number of ether oxygens (including phenoxy) is 3. The maximum absolute atomic E-state index is 12.4. The van der Waals surface area contributed by atoms with Crippen LogP contribution in [0, 0.1) is 0 Å². The summed E-state index contributed by atoms with van der Waals surface area (Å²) >= 11 is 0. The minimum absolute atomic E-state index is 0.113. The van der Waals surface area contributed by atoms with Crippen LogP contribution in [0.5, 0.6) is 17.2 Å². The van der Waals surface area contributed by atoms with Crippen LogP contribution >= 0.6 is 0 Å². The molecule has 0 bridgehead atoms. The van der Waals surface area contributed by atoms with E-state index in [2.05, 4.69) is 81.0 Å². The number of nitrogens with zero attached hydrogens (tertiary/aromatic N) is 3. The van der Waals surface area contributed by atoms with Gasteiger partial charge in [0.2, 0.25) is 18.4 Å². The normalized spacial score (nSPS) is 15.8. The van der Waals surface area contributed by atoms with Crippen LogP contribution in [-0.4, -0.2) is 68.5 Å². The van der Waals surface area contributed by atoms with Crippen molar-refractivity contribution >= 4 is 12.1 Å². The van der Waals surface area contributed by atoms with Gasteiger partial charge in [0, 0.05) is 44.7 Å². The van der Waals surface area contributed by atoms with Gasteiger partial charge in [0.15, 0.2) is 11.5 Å². The molecule has 0 saturated carbocycles. The number of amides is 1. The minimum atomic E-state index is -0.113. The zero-order valence-electron chi connectivity index (χ0n) is 21.0. The number of hydrazone groups is 1. The zero-order valence-corrected chi connectivity index (χ0v) is 21.0. The molecule has 3 aromatic carbocycles. The largest absolute Gasteiger partial charge is 0.493 e. The van der Waals surface area contributed by atoms with Gasteiger partial charge in [-0.05, 0) is 23.3 Å². The van der Waals surface area contributed by atoms with Gasteiger partial charge < -0.3 is 19.1 Å². The van der Waals surface area contributed by atoms with E-state index in [9.17, 15) is 4.79 Å². The molecule has 0 aliphatic carbocycles. The van der Waals surface area contributed by atoms with E-state index in [1.54, 1.807) is 25.5 Å². The third kappa shape index (κ3) is 6.10. The molecule has 1 fully saturated rings. The molecule has 192 valence electrons. The highest BCUT2D eigenvalue weighted by Gasteiger charge is 2.26. The molecule has 2 aliphatic rings. The van der Waals surface area contributed by atoms with Crippen molar-refractivity contribution in [1.82, 2.24) is 15.2 Å². The molecular formula is C29H32N4O4. The van der Waals surface area contributed by atoms with Crippen molar-refractivity contribution in [2.45, 2.75) is 12.5 Å². The first-order chi connectivity index (χ1) is 18.2. The number of carbonyl (C=O) groups excluding carboxylic acids is 1. The van der Waals surface area contributed by atoms with E-state index in [-0.39, 0.29) is 18.7 Å². The number of methoxy groups -OCH3 is 1. The Morgan fingerprint density at radius 2 is 1.68 bits per heavy atom. The average molecular weight is 501 g/mol. The average Bonchev–Trinajstić information content (AvgIpc) is 3.42. The summed E-state index contributed by atoms with van der Waals surface area (Å²) in [6.07, 6.45) is 1.97. The molecule has 3 aromatic rings. The molecule has 8 nitrogen and oxygen atoms in total. The molecule has 0 spiro atoms. The van der Waals surface area contributed by atoms with Gasteiger partial charge in [0.05, 0.1) is 19.4 Å². The standard InChI is InChI=1S/C29H32N4O4/c1-35-25-18-22(19-26-29(25)37-21-36-26)20-30-31-27(34)12-13-32-14-16-33(17-15-32)28(23-8-4-2-5-9-23)24-10-6-3-7-11-24/h2-11,18-20,28H,12-17,21H2,1H3,(H,31,34)/b30-20+. The first kappa shape index (κ1) is 24.8. The first-order valence-corrected chi connectivity index (χ1v) is 12.6. The molecule has 0 aromatic heterocycles. The van der Waals surface area contributed by atoms with E-state index in [0.29, 0.717) is 30.2 Å². The minimum Gasteiger partial charge on any atom is -0.493 e. The Hall–Kier alpha value is -3.88. The number of benzene rings is 3. The number of carbonyl (C=O) groups is 1. The van der Waals surface area contributed by atoms with Crippen LogP contribution in [-0.2, 0) is 4.79 Å². The van der Waals surface area contributed by atoms with Crippen LogP contribution in [0.1, 0.15) is 29.2 Å². The van der Waals surface area contributed by atoms with E-state index >= 15 is 0 Å². The lowest BCUT2D eigenvalue weighted by Gasteiger charge is -2.39. The molecular weight excluding hydrogens is 468 g/mol. The van der Waals surface area contributed by atoms with Crippen LogP contribution in [0.2, 0.25) is 0 Å². The van der Waals surface area contributed by atoms with Crippen LogP contribution in [0.3, 0.4) is 0 Å². The number of rotatable bonds is 9. The van der Waals surface area contributed by atoms with Gasteiger partial charge in [0.1, 0.15) is 0 Å². The van der Waals surface area contributed by atoms with Gasteiger partial charge in [-0.1, -0.05) is 60.7 Å². The lowest BCUT2D eigenvalue weighted by molar-refractivity contribution is -0.121. The summed E-state index contributed by atoms with van der Waals surface area (Å²) in [5.41, 5.74) is 5.99. The maximum Gasteiger partial charge on any atom is 0.241 e. The zero-order chi connectivity index (χ0) is 25.5. The van der Waals surface area contributed by atoms with E-state index in [0.717, 1.165) is 31.7 Å². The van der Waals surface area contributed by atoms with Crippen molar-refractivity contribution in [2.24, 2.45) is 5.10 Å². The van der Waals surface area contributed by atoms with E-state index < -0.39 is 0 Å². The van der Waals surface area contributed by atoms with Crippen LogP contribution < -0.4 is 19.6 Å². The molecule has 5 rings (SSSR count). The Morgan fingerprint density at radius 1 is 1.00 bits per heavy atom. The fraction of sp³-hybridized carbons (Fsp3) is 0.310. The number of piperazine rings is 1. The summed E-state index contributed by atoms with van der Waals surface area (Å²) in [6, 6.07) is 25.2. The molecule has 0 unspecified atom stereocenters. The fourth-order valence-corrected chi connectivity index (χ4v) is 4.85. The third-order valence-corrected chi connectivity index (χ3v) is 6.74. The van der Waals surface area contributed by atoms with Gasteiger partial charge >= 0.3 is 0 Å². The Balaban J connectivity index is 1.11. The molecule has 0 radical (unpaired) electrons. The summed E-state index contributed by atoms with van der Waals surface area (Å²) in [5.74, 6) is 1.65. The number of fused-ring (bicyclic) bond motifs is 1. The highest BCUT2D eigenvalue weighted by atomic mass is 16.7. The van der Waals surface area contributed by atoms with Gasteiger partial charge in [-0.2, -0.15) is 5.10 Å². The number of hydrogen-bond acceptors (Lipinski definition) is 7. The van der Waals surface area contributed by atoms with Crippen LogP contribution in [0.15, 0.2) is 77.9 Å². The van der Waals surface area contributed by atoms with Crippen LogP contribution in [0.25, 0.3) is 0 Å². The Morgan fingerprint density at radius 3 is 2.32 bits per heavy atom. The Kier molecular flexibility index (Phi) is 7.98. The van der Waals surface area contributed by atoms with Crippen molar-refractivity contribution in [1.29, 1.82) is 0 Å². The molecule has 2 heterocycles. The molecule has 1 N–H and O–H groups in total. The molecule has 1 saturated heterocycles. The molecule has 2 aliphatic heterocycles. The molecule has 0 atom stereocenters. The van der Waals surface area contributed by atoms with Crippen molar-refractivity contribution in [2.75, 3.05) is 46.6 Å². The van der Waals surface area contributed by atoms with Crippen molar-refractivity contribution in [3.63, 3.8) is 0 Å². The van der Waals surface area contributed by atoms with E-state index in [4.69, 9.17) is 14.2 Å². The topological polar surface area (TPSA) is 75.6 Å². The second-order valence-corrected chi connectivity index (χ2v) is 9.10. The maximum atomic E-state index is 12.4. The van der Waals surface area contributed by atoms with Crippen LogP contribution in [0.4, 0.5) is 0 Å². The fourth-order valence-electron chi connectivity index (χ4n) is 4.85. The monoisotopic (exact) mass is 500 g/mol. The SMILES string of the molecule is COc1cc(/C=N/NC(=O)CCN2CCN(C(c3ccccc3)c3ccccc3)CC2)cc2c1OCO2. The summed E-state index contributed by atoms with van der Waals surface area (Å²) in [5, 5.41) is 4.11. The second kappa shape index (κ2) is 11.9. The summed E-state index contributed by atoms with van der Waals surface area (Å²) in [6.45, 7) is 4.60. The predicted molar refractivity (Wildman–Crippen MR) is 142 cm³/mol. The number of nitrogens with one attached hydrogen (secondary N) is 1. The Bertz CT molecular complexity index is 1170. The quantitative estimate of drug-likeness (QED) is 0.357. The molecule has 8 heteroatoms. The van der Waals surface area contributed by atoms with E-state index in [1.807, 2.05) is 0 Å². The summed E-state index contributed by atoms with van der Waals surface area (Å²) in [4.78, 5) is 17.3. The van der Waals surface area contributed by atoms with Gasteiger partial charge in [-0.3, -0.25) is 9.69 Å². The van der Waals surface area contributed by atoms with Crippen molar-refractivity contribution in [3.8, 4) is 17.2 Å². The second-order valence-electron chi connectivity index (χ2n) is 9.10. The third-order valence-electron chi connectivity index (χ3n) is 6.74. The highest BCUT2D eigenvalue weighted by Crippen LogP contribution is 2.41. The van der Waals surface area contributed by atoms with Crippen molar-refractivity contribution in [3.05, 3.63) is 89.5 Å². The van der Waals surface area contributed by atoms with Gasteiger partial charge in [-0.25, -0.2) is 5.43 Å². The smallest absolute Gasteiger partial charge is 0.241 e. The lowest BCUT2D eigenvalue weighted by atomic mass is 9.96. The molecule has 1 amide bonds. The molecule has 37 heavy (non-hydrogen) atoms. The van der Waals surface area contributed by atoms with Gasteiger partial charge in [-0.15, -0.1) is 0 Å². The highest BCUT2D eigenvalue weighted by molar-refractivity contribution is 5.84. The number of hydrogen-bond donors (Lipinski definition) is 1. The summed E-state index contributed by atoms with van der Waals surface area (Å²) < 4.78 is 16.2. The van der Waals surface area contributed by atoms with Crippen molar-refractivity contribution < 1.29 is 19.0 Å².